The first kappa shape index (κ1) is 12.9. The van der Waals surface area contributed by atoms with Crippen LogP contribution < -0.4 is 5.32 Å². The van der Waals surface area contributed by atoms with Gasteiger partial charge in [-0.1, -0.05) is 11.6 Å². The molecule has 0 aliphatic heterocycles. The van der Waals surface area contributed by atoms with Crippen molar-refractivity contribution in [1.29, 1.82) is 0 Å². The van der Waals surface area contributed by atoms with Crippen molar-refractivity contribution in [3.8, 4) is 0 Å². The van der Waals surface area contributed by atoms with E-state index in [4.69, 9.17) is 16.7 Å². The van der Waals surface area contributed by atoms with Crippen LogP contribution in [0.3, 0.4) is 0 Å². The number of benzene rings is 1. The molecule has 0 unspecified atom stereocenters. The first-order valence-electron chi connectivity index (χ1n) is 5.06. The first-order valence-corrected chi connectivity index (χ1v) is 6.32. The van der Waals surface area contributed by atoms with E-state index in [2.05, 4.69) is 5.32 Å². The standard InChI is InChI=1S/C12H9ClFNO2S/c13-9-5-8(14)1-2-10(9)15-6-7-3-4-18-11(7)12(16)17/h1-5,15H,6H2,(H,16,17). The van der Waals surface area contributed by atoms with Crippen LogP contribution in [0.2, 0.25) is 5.02 Å². The monoisotopic (exact) mass is 285 g/mol. The molecule has 2 rings (SSSR count). The van der Waals surface area contributed by atoms with Crippen molar-refractivity contribution < 1.29 is 14.3 Å². The molecule has 1 heterocycles. The Bertz CT molecular complexity index is 585. The zero-order valence-corrected chi connectivity index (χ0v) is 10.7. The molecule has 0 aliphatic carbocycles. The van der Waals surface area contributed by atoms with E-state index in [0.717, 1.165) is 0 Å². The average Bonchev–Trinajstić information content (AvgIpc) is 2.76. The molecule has 1 aromatic carbocycles. The third-order valence-electron chi connectivity index (χ3n) is 2.34. The maximum Gasteiger partial charge on any atom is 0.346 e. The summed E-state index contributed by atoms with van der Waals surface area (Å²) < 4.78 is 12.8. The Morgan fingerprint density at radius 3 is 2.89 bits per heavy atom. The number of hydrogen-bond donors (Lipinski definition) is 2. The number of anilines is 1. The average molecular weight is 286 g/mol. The van der Waals surface area contributed by atoms with Crippen molar-refractivity contribution in [3.63, 3.8) is 0 Å². The second-order valence-electron chi connectivity index (χ2n) is 3.56. The third-order valence-corrected chi connectivity index (χ3v) is 3.60. The second kappa shape index (κ2) is 5.37. The van der Waals surface area contributed by atoms with Crippen molar-refractivity contribution in [1.82, 2.24) is 0 Å². The second-order valence-corrected chi connectivity index (χ2v) is 4.88. The molecule has 3 nitrogen and oxygen atoms in total. The van der Waals surface area contributed by atoms with E-state index in [0.29, 0.717) is 22.7 Å². The first-order chi connectivity index (χ1) is 8.58. The van der Waals surface area contributed by atoms with Crippen LogP contribution >= 0.6 is 22.9 Å². The maximum atomic E-state index is 12.8. The van der Waals surface area contributed by atoms with Crippen LogP contribution in [0.15, 0.2) is 29.6 Å². The number of rotatable bonds is 4. The van der Waals surface area contributed by atoms with Crippen molar-refractivity contribution in [2.24, 2.45) is 0 Å². The Morgan fingerprint density at radius 1 is 1.44 bits per heavy atom. The Labute approximate surface area is 112 Å². The lowest BCUT2D eigenvalue weighted by atomic mass is 10.2. The zero-order chi connectivity index (χ0) is 13.1. The Balaban J connectivity index is 2.11. The fourth-order valence-electron chi connectivity index (χ4n) is 1.49. The highest BCUT2D eigenvalue weighted by Gasteiger charge is 2.11. The quantitative estimate of drug-likeness (QED) is 0.897. The molecule has 0 atom stereocenters. The molecule has 0 fully saturated rings. The van der Waals surface area contributed by atoms with Gasteiger partial charge in [0.15, 0.2) is 0 Å². The lowest BCUT2D eigenvalue weighted by Gasteiger charge is -2.08. The van der Waals surface area contributed by atoms with Gasteiger partial charge in [0.05, 0.1) is 10.7 Å². The van der Waals surface area contributed by atoms with Crippen LogP contribution in [0.1, 0.15) is 15.2 Å². The smallest absolute Gasteiger partial charge is 0.346 e. The Hall–Kier alpha value is -1.59. The fraction of sp³-hybridized carbons (Fsp3) is 0.0833. The summed E-state index contributed by atoms with van der Waals surface area (Å²) in [7, 11) is 0. The van der Waals surface area contributed by atoms with Crippen molar-refractivity contribution in [2.45, 2.75) is 6.54 Å². The molecular formula is C12H9ClFNO2S. The van der Waals surface area contributed by atoms with Crippen molar-refractivity contribution in [3.05, 3.63) is 50.9 Å². The van der Waals surface area contributed by atoms with Gasteiger partial charge in [0.25, 0.3) is 0 Å². The highest BCUT2D eigenvalue weighted by molar-refractivity contribution is 7.12. The van der Waals surface area contributed by atoms with Gasteiger partial charge in [-0.2, -0.15) is 0 Å². The number of halogens is 2. The minimum Gasteiger partial charge on any atom is -0.477 e. The van der Waals surface area contributed by atoms with Crippen LogP contribution in [-0.2, 0) is 6.54 Å². The van der Waals surface area contributed by atoms with Gasteiger partial charge in [-0.05, 0) is 35.2 Å². The number of thiophene rings is 1. The molecule has 0 bridgehead atoms. The Morgan fingerprint density at radius 2 is 2.22 bits per heavy atom. The molecule has 2 aromatic rings. The summed E-state index contributed by atoms with van der Waals surface area (Å²) in [5.41, 5.74) is 1.24. The number of carbonyl (C=O) groups is 1. The number of carboxylic acids is 1. The Kier molecular flexibility index (Phi) is 3.84. The number of hydrogen-bond acceptors (Lipinski definition) is 3. The highest BCUT2D eigenvalue weighted by atomic mass is 35.5. The molecule has 2 N–H and O–H groups in total. The summed E-state index contributed by atoms with van der Waals surface area (Å²) in [5.74, 6) is -1.36. The van der Waals surface area contributed by atoms with E-state index in [1.807, 2.05) is 0 Å². The molecule has 1 aromatic heterocycles. The van der Waals surface area contributed by atoms with E-state index < -0.39 is 11.8 Å². The predicted molar refractivity (Wildman–Crippen MR) is 70.0 cm³/mol. The summed E-state index contributed by atoms with van der Waals surface area (Å²) in [6.45, 7) is 0.330. The molecular weight excluding hydrogens is 277 g/mol. The van der Waals surface area contributed by atoms with E-state index >= 15 is 0 Å². The third kappa shape index (κ3) is 2.80. The summed E-state index contributed by atoms with van der Waals surface area (Å²) in [5, 5.41) is 13.9. The lowest BCUT2D eigenvalue weighted by molar-refractivity contribution is 0.0701. The normalized spacial score (nSPS) is 10.3. The molecule has 94 valence electrons. The van der Waals surface area contributed by atoms with Gasteiger partial charge in [0.1, 0.15) is 10.7 Å². The van der Waals surface area contributed by atoms with Crippen LogP contribution in [0.4, 0.5) is 10.1 Å². The van der Waals surface area contributed by atoms with Gasteiger partial charge >= 0.3 is 5.97 Å². The van der Waals surface area contributed by atoms with E-state index in [1.165, 1.54) is 29.5 Å². The summed E-state index contributed by atoms with van der Waals surface area (Å²) in [6, 6.07) is 5.75. The lowest BCUT2D eigenvalue weighted by Crippen LogP contribution is -2.04. The maximum absolute atomic E-state index is 12.8. The van der Waals surface area contributed by atoms with Crippen molar-refractivity contribution in [2.75, 3.05) is 5.32 Å². The van der Waals surface area contributed by atoms with E-state index in [1.54, 1.807) is 11.4 Å². The summed E-state index contributed by atoms with van der Waals surface area (Å²) >= 11 is 7.02. The van der Waals surface area contributed by atoms with Crippen LogP contribution in [0.25, 0.3) is 0 Å². The molecule has 18 heavy (non-hydrogen) atoms. The van der Waals surface area contributed by atoms with Crippen LogP contribution in [-0.4, -0.2) is 11.1 Å². The number of aromatic carboxylic acids is 1. The zero-order valence-electron chi connectivity index (χ0n) is 9.11. The van der Waals surface area contributed by atoms with Crippen LogP contribution in [0, 0.1) is 5.82 Å². The SMILES string of the molecule is O=C(O)c1sccc1CNc1ccc(F)cc1Cl. The van der Waals surface area contributed by atoms with Gasteiger partial charge in [-0.25, -0.2) is 9.18 Å². The molecule has 0 spiro atoms. The van der Waals surface area contributed by atoms with Gasteiger partial charge < -0.3 is 10.4 Å². The minimum atomic E-state index is -0.952. The van der Waals surface area contributed by atoms with E-state index in [9.17, 15) is 9.18 Å². The fourth-order valence-corrected chi connectivity index (χ4v) is 2.48. The van der Waals surface area contributed by atoms with E-state index in [-0.39, 0.29) is 5.02 Å². The molecule has 0 aliphatic rings. The van der Waals surface area contributed by atoms with Crippen LogP contribution in [0.5, 0.6) is 0 Å². The molecule has 6 heteroatoms. The number of carboxylic acid groups (broad SMARTS) is 1. The van der Waals surface area contributed by atoms with Gasteiger partial charge in [0, 0.05) is 6.54 Å². The van der Waals surface area contributed by atoms with Crippen molar-refractivity contribution >= 4 is 34.6 Å². The van der Waals surface area contributed by atoms with Gasteiger partial charge in [-0.3, -0.25) is 0 Å². The molecule has 0 saturated carbocycles. The van der Waals surface area contributed by atoms with Gasteiger partial charge in [0.2, 0.25) is 0 Å². The largest absolute Gasteiger partial charge is 0.477 e. The summed E-state index contributed by atoms with van der Waals surface area (Å²) in [6.07, 6.45) is 0. The molecule has 0 saturated heterocycles. The van der Waals surface area contributed by atoms with Gasteiger partial charge in [-0.15, -0.1) is 11.3 Å². The number of nitrogens with one attached hydrogen (secondary N) is 1. The highest BCUT2D eigenvalue weighted by Crippen LogP contribution is 2.24. The summed E-state index contributed by atoms with van der Waals surface area (Å²) in [4.78, 5) is 11.2. The molecule has 0 radical (unpaired) electrons. The minimum absolute atomic E-state index is 0.266. The predicted octanol–water partition coefficient (Wildman–Crippen LogP) is 3.85. The molecule has 0 amide bonds. The topological polar surface area (TPSA) is 49.3 Å².